The molecule has 1 saturated heterocycles. The van der Waals surface area contributed by atoms with Crippen LogP contribution < -0.4 is 5.73 Å². The molecule has 1 aliphatic heterocycles. The maximum Gasteiger partial charge on any atom is 0.0836 e. The van der Waals surface area contributed by atoms with Crippen LogP contribution in [0.1, 0.15) is 69.7 Å². The van der Waals surface area contributed by atoms with Gasteiger partial charge in [-0.3, -0.25) is 0 Å². The van der Waals surface area contributed by atoms with Crippen LogP contribution in [0, 0.1) is 11.8 Å². The van der Waals surface area contributed by atoms with Crippen LogP contribution in [-0.4, -0.2) is 33.7 Å². The van der Waals surface area contributed by atoms with E-state index in [1.807, 2.05) is 0 Å². The van der Waals surface area contributed by atoms with Gasteiger partial charge in [-0.25, -0.2) is 0 Å². The number of para-hydroxylation sites is 1. The van der Waals surface area contributed by atoms with Gasteiger partial charge in [0.05, 0.1) is 6.61 Å². The Bertz CT molecular complexity index is 780. The molecule has 2 heterocycles. The zero-order valence-corrected chi connectivity index (χ0v) is 17.6. The normalized spacial score (nSPS) is 25.0. The third kappa shape index (κ3) is 3.62. The lowest BCUT2D eigenvalue weighted by atomic mass is 9.79. The zero-order valence-electron chi connectivity index (χ0n) is 17.6. The number of hydrogen-bond donors (Lipinski definition) is 2. The fourth-order valence-electron chi connectivity index (χ4n) is 5.84. The molecule has 2 aliphatic rings. The molecule has 1 saturated carbocycles. The lowest BCUT2D eigenvalue weighted by molar-refractivity contribution is 0.0881. The summed E-state index contributed by atoms with van der Waals surface area (Å²) in [6.07, 6.45) is 7.88. The average molecular weight is 384 g/mol. The fourth-order valence-corrected chi connectivity index (χ4v) is 5.84. The van der Waals surface area contributed by atoms with Crippen molar-refractivity contribution in [3.63, 3.8) is 0 Å². The van der Waals surface area contributed by atoms with Crippen LogP contribution >= 0.6 is 0 Å². The van der Waals surface area contributed by atoms with Crippen LogP contribution in [0.25, 0.3) is 10.9 Å². The van der Waals surface area contributed by atoms with Gasteiger partial charge in [-0.1, -0.05) is 32.0 Å². The topological polar surface area (TPSA) is 54.4 Å². The summed E-state index contributed by atoms with van der Waals surface area (Å²) in [7, 11) is 0. The molecule has 2 aromatic rings. The molecule has 4 heteroatoms. The lowest BCUT2D eigenvalue weighted by Gasteiger charge is -2.42. The molecular formula is C24H37N3O. The van der Waals surface area contributed by atoms with E-state index < -0.39 is 0 Å². The summed E-state index contributed by atoms with van der Waals surface area (Å²) in [5.74, 6) is 1.77. The molecule has 0 amide bonds. The number of piperidine rings is 1. The summed E-state index contributed by atoms with van der Waals surface area (Å²) in [6.45, 7) is 7.68. The first-order valence-corrected chi connectivity index (χ1v) is 11.3. The Hall–Kier alpha value is -1.36. The van der Waals surface area contributed by atoms with E-state index in [-0.39, 0.29) is 6.61 Å². The Balaban J connectivity index is 1.47. The minimum atomic E-state index is 0.0701. The first kappa shape index (κ1) is 19.9. The third-order valence-corrected chi connectivity index (χ3v) is 7.55. The van der Waals surface area contributed by atoms with Crippen LogP contribution in [0.2, 0.25) is 0 Å². The van der Waals surface area contributed by atoms with Crippen LogP contribution in [0.15, 0.2) is 24.3 Å². The highest BCUT2D eigenvalue weighted by atomic mass is 16.3. The van der Waals surface area contributed by atoms with Crippen molar-refractivity contribution in [3.05, 3.63) is 35.5 Å². The van der Waals surface area contributed by atoms with Gasteiger partial charge in [0.2, 0.25) is 0 Å². The predicted octanol–water partition coefficient (Wildman–Crippen LogP) is 4.44. The molecule has 3 N–H and O–H groups in total. The number of hydrogen-bond acceptors (Lipinski definition) is 3. The number of aromatic nitrogens is 1. The molecule has 0 unspecified atom stereocenters. The smallest absolute Gasteiger partial charge is 0.0836 e. The van der Waals surface area contributed by atoms with E-state index in [0.29, 0.717) is 12.6 Å². The van der Waals surface area contributed by atoms with Crippen molar-refractivity contribution in [1.29, 1.82) is 0 Å². The molecule has 1 aromatic heterocycles. The maximum atomic E-state index is 10.1. The van der Waals surface area contributed by atoms with Gasteiger partial charge in [-0.2, -0.15) is 0 Å². The van der Waals surface area contributed by atoms with E-state index in [4.69, 9.17) is 5.73 Å². The van der Waals surface area contributed by atoms with Gasteiger partial charge in [0.15, 0.2) is 0 Å². The number of aliphatic hydroxyl groups excluding tert-OH is 1. The summed E-state index contributed by atoms with van der Waals surface area (Å²) < 4.78 is 2.41. The molecule has 2 fully saturated rings. The zero-order chi connectivity index (χ0) is 19.7. The predicted molar refractivity (Wildman–Crippen MR) is 116 cm³/mol. The minimum Gasteiger partial charge on any atom is -0.390 e. The van der Waals surface area contributed by atoms with E-state index in [0.717, 1.165) is 29.1 Å². The first-order valence-electron chi connectivity index (χ1n) is 11.3. The molecule has 0 atom stereocenters. The number of rotatable bonds is 5. The number of fused-ring (bicyclic) bond motifs is 1. The number of nitrogens with two attached hydrogens (primary N) is 1. The van der Waals surface area contributed by atoms with Gasteiger partial charge in [0.1, 0.15) is 0 Å². The first-order chi connectivity index (χ1) is 13.6. The van der Waals surface area contributed by atoms with E-state index in [2.05, 4.69) is 47.6 Å². The highest BCUT2D eigenvalue weighted by Gasteiger charge is 2.31. The van der Waals surface area contributed by atoms with E-state index in [1.54, 1.807) is 0 Å². The monoisotopic (exact) mass is 383 g/mol. The number of aliphatic hydroxyl groups is 1. The maximum absolute atomic E-state index is 10.1. The molecule has 4 rings (SSSR count). The molecule has 0 radical (unpaired) electrons. The van der Waals surface area contributed by atoms with E-state index in [1.165, 1.54) is 62.5 Å². The number of nitrogens with zero attached hydrogens (tertiary/aromatic N) is 2. The van der Waals surface area contributed by atoms with Crippen molar-refractivity contribution in [2.45, 2.75) is 77.6 Å². The second-order valence-corrected chi connectivity index (χ2v) is 9.25. The highest BCUT2D eigenvalue weighted by Crippen LogP contribution is 2.37. The molecule has 1 aromatic carbocycles. The summed E-state index contributed by atoms with van der Waals surface area (Å²) >= 11 is 0. The van der Waals surface area contributed by atoms with Crippen LogP contribution in [-0.2, 0) is 13.2 Å². The van der Waals surface area contributed by atoms with Gasteiger partial charge in [0, 0.05) is 48.3 Å². The summed E-state index contributed by atoms with van der Waals surface area (Å²) in [5.41, 5.74) is 9.44. The van der Waals surface area contributed by atoms with Gasteiger partial charge >= 0.3 is 0 Å². The Morgan fingerprint density at radius 3 is 2.29 bits per heavy atom. The van der Waals surface area contributed by atoms with Crippen molar-refractivity contribution < 1.29 is 5.11 Å². The van der Waals surface area contributed by atoms with Crippen LogP contribution in [0.4, 0.5) is 0 Å². The summed E-state index contributed by atoms with van der Waals surface area (Å²) in [6, 6.07) is 9.76. The van der Waals surface area contributed by atoms with Gasteiger partial charge in [-0.05, 0) is 62.0 Å². The molecular weight excluding hydrogens is 346 g/mol. The van der Waals surface area contributed by atoms with Gasteiger partial charge in [-0.15, -0.1) is 0 Å². The Labute approximate surface area is 169 Å². The van der Waals surface area contributed by atoms with Crippen molar-refractivity contribution in [3.8, 4) is 0 Å². The lowest BCUT2D eigenvalue weighted by Crippen LogP contribution is -2.44. The minimum absolute atomic E-state index is 0.0701. The molecule has 28 heavy (non-hydrogen) atoms. The van der Waals surface area contributed by atoms with Gasteiger partial charge < -0.3 is 20.3 Å². The van der Waals surface area contributed by atoms with Crippen molar-refractivity contribution in [2.75, 3.05) is 13.1 Å². The quantitative estimate of drug-likeness (QED) is 0.802. The molecule has 0 spiro atoms. The van der Waals surface area contributed by atoms with Crippen molar-refractivity contribution in [1.82, 2.24) is 9.47 Å². The van der Waals surface area contributed by atoms with Crippen LogP contribution in [0.5, 0.6) is 0 Å². The Morgan fingerprint density at radius 1 is 1.00 bits per heavy atom. The average Bonchev–Trinajstić information content (AvgIpc) is 3.07. The fraction of sp³-hybridized carbons (Fsp3) is 0.667. The van der Waals surface area contributed by atoms with Crippen LogP contribution in [0.3, 0.4) is 0 Å². The van der Waals surface area contributed by atoms with E-state index >= 15 is 0 Å². The second kappa shape index (κ2) is 8.56. The standard InChI is InChI=1S/C24H37N3O/c1-17(2)18-7-9-19(10-8-18)26-13-11-20(12-14-26)27-23-6-4-3-5-21(23)22(15-25)24(27)16-28/h3-6,17-20,28H,7-16,25H2,1-2H3/t18-,19+. The Morgan fingerprint density at radius 2 is 1.68 bits per heavy atom. The SMILES string of the molecule is CC(C)[C@H]1CC[C@@H](N2CCC(n3c(CO)c(CN)c4ccccc43)CC2)CC1. The third-order valence-electron chi connectivity index (χ3n) is 7.55. The van der Waals surface area contributed by atoms with Crippen molar-refractivity contribution in [2.24, 2.45) is 17.6 Å². The molecule has 154 valence electrons. The largest absolute Gasteiger partial charge is 0.390 e. The highest BCUT2D eigenvalue weighted by molar-refractivity contribution is 5.85. The number of benzene rings is 1. The molecule has 4 nitrogen and oxygen atoms in total. The van der Waals surface area contributed by atoms with E-state index in [9.17, 15) is 5.11 Å². The number of likely N-dealkylation sites (tertiary alicyclic amines) is 1. The summed E-state index contributed by atoms with van der Waals surface area (Å²) in [5, 5.41) is 11.3. The van der Waals surface area contributed by atoms with Crippen molar-refractivity contribution >= 4 is 10.9 Å². The van der Waals surface area contributed by atoms with Gasteiger partial charge in [0.25, 0.3) is 0 Å². The molecule has 0 bridgehead atoms. The molecule has 1 aliphatic carbocycles. The Kier molecular flexibility index (Phi) is 6.10. The second-order valence-electron chi connectivity index (χ2n) is 9.25. The summed E-state index contributed by atoms with van der Waals surface area (Å²) in [4.78, 5) is 2.75.